The summed E-state index contributed by atoms with van der Waals surface area (Å²) in [5.74, 6) is 0. The molecule has 0 heterocycles. The minimum absolute atomic E-state index is 0.864. The molecule has 0 aliphatic heterocycles. The molecule has 0 aliphatic rings. The normalized spacial score (nSPS) is 10.8. The Labute approximate surface area is 120 Å². The highest BCUT2D eigenvalue weighted by Gasteiger charge is 1.94. The maximum absolute atomic E-state index is 5.47. The molecule has 0 saturated heterocycles. The highest BCUT2D eigenvalue weighted by atomic mass is 32.1. The van der Waals surface area contributed by atoms with Gasteiger partial charge < -0.3 is 5.73 Å². The first kappa shape index (κ1) is 18.0. The fourth-order valence-electron chi connectivity index (χ4n) is 2.29. The fourth-order valence-corrected chi connectivity index (χ4v) is 2.43. The van der Waals surface area contributed by atoms with Crippen molar-refractivity contribution in [2.24, 2.45) is 5.73 Å². The zero-order valence-electron chi connectivity index (χ0n) is 12.4. The van der Waals surface area contributed by atoms with Crippen LogP contribution in [0.3, 0.4) is 0 Å². The van der Waals surface area contributed by atoms with Gasteiger partial charge in [0.1, 0.15) is 0 Å². The van der Waals surface area contributed by atoms with E-state index in [-0.39, 0.29) is 0 Å². The highest BCUT2D eigenvalue weighted by molar-refractivity contribution is 7.80. The third-order valence-corrected chi connectivity index (χ3v) is 3.69. The van der Waals surface area contributed by atoms with Crippen LogP contribution in [-0.4, -0.2) is 11.4 Å². The van der Waals surface area contributed by atoms with E-state index >= 15 is 0 Å². The Kier molecular flexibility index (Phi) is 15.2. The van der Waals surface area contributed by atoms with Crippen LogP contribution in [-0.2, 0) is 0 Å². The molecular formula is C16H33NS. The van der Waals surface area contributed by atoms with E-state index in [1.165, 1.54) is 81.9 Å². The molecule has 0 radical (unpaired) electrons. The molecule has 18 heavy (non-hydrogen) atoms. The summed E-state index contributed by atoms with van der Waals surface area (Å²) in [5.41, 5.74) is 5.47. The van der Waals surface area contributed by atoms with Crippen molar-refractivity contribution in [3.05, 3.63) is 0 Å². The largest absolute Gasteiger partial charge is 0.330 e. The van der Waals surface area contributed by atoms with Crippen LogP contribution < -0.4 is 5.73 Å². The van der Waals surface area contributed by atoms with Gasteiger partial charge in [-0.15, -0.1) is 0 Å². The van der Waals surface area contributed by atoms with Crippen LogP contribution in [0.2, 0.25) is 0 Å². The average molecular weight is 272 g/mol. The van der Waals surface area contributed by atoms with E-state index in [4.69, 9.17) is 18.0 Å². The number of hydrogen-bond donors (Lipinski definition) is 1. The summed E-state index contributed by atoms with van der Waals surface area (Å²) in [5, 5.41) is 0. The van der Waals surface area contributed by atoms with Gasteiger partial charge in [-0.05, 0) is 37.6 Å². The summed E-state index contributed by atoms with van der Waals surface area (Å²) in [4.78, 5) is 1.17. The van der Waals surface area contributed by atoms with Gasteiger partial charge in [-0.3, -0.25) is 0 Å². The van der Waals surface area contributed by atoms with Gasteiger partial charge in [0.2, 0.25) is 0 Å². The Bertz CT molecular complexity index is 180. The molecule has 0 amide bonds. The molecule has 1 nitrogen and oxygen atoms in total. The molecule has 0 unspecified atom stereocenters. The Morgan fingerprint density at radius 1 is 0.667 bits per heavy atom. The summed E-state index contributed by atoms with van der Waals surface area (Å²) < 4.78 is 0. The molecule has 0 bridgehead atoms. The van der Waals surface area contributed by atoms with Gasteiger partial charge in [0.05, 0.1) is 0 Å². The monoisotopic (exact) mass is 271 g/mol. The summed E-state index contributed by atoms with van der Waals surface area (Å²) in [6.45, 7) is 2.92. The lowest BCUT2D eigenvalue weighted by Gasteiger charge is -2.02. The molecule has 0 spiro atoms. The zero-order valence-corrected chi connectivity index (χ0v) is 13.2. The molecule has 0 saturated carbocycles. The second-order valence-corrected chi connectivity index (χ2v) is 6.18. The first-order chi connectivity index (χ1) is 8.77. The van der Waals surface area contributed by atoms with Gasteiger partial charge in [-0.2, -0.15) is 0 Å². The van der Waals surface area contributed by atoms with Crippen LogP contribution in [0.5, 0.6) is 0 Å². The lowest BCUT2D eigenvalue weighted by Crippen LogP contribution is -1.97. The number of thiocarbonyl (C=S) groups is 1. The van der Waals surface area contributed by atoms with Crippen molar-refractivity contribution >= 4 is 17.1 Å². The second kappa shape index (κ2) is 15.1. The Balaban J connectivity index is 2.92. The van der Waals surface area contributed by atoms with Gasteiger partial charge in [0.25, 0.3) is 0 Å². The molecule has 0 aromatic heterocycles. The molecular weight excluding hydrogens is 238 g/mol. The van der Waals surface area contributed by atoms with Crippen molar-refractivity contribution in [3.63, 3.8) is 0 Å². The van der Waals surface area contributed by atoms with Crippen LogP contribution in [0, 0.1) is 0 Å². The van der Waals surface area contributed by atoms with Crippen molar-refractivity contribution in [2.45, 2.75) is 90.4 Å². The van der Waals surface area contributed by atoms with E-state index in [1.54, 1.807) is 0 Å². The molecule has 0 rings (SSSR count). The first-order valence-corrected chi connectivity index (χ1v) is 8.37. The summed E-state index contributed by atoms with van der Waals surface area (Å²) >= 11 is 5.08. The van der Waals surface area contributed by atoms with Crippen molar-refractivity contribution in [2.75, 3.05) is 6.54 Å². The minimum Gasteiger partial charge on any atom is -0.330 e. The lowest BCUT2D eigenvalue weighted by atomic mass is 10.0. The smallest absolute Gasteiger partial charge is 0.00773 e. The fraction of sp³-hybridized carbons (Fsp3) is 0.938. The minimum atomic E-state index is 0.864. The molecule has 108 valence electrons. The topological polar surface area (TPSA) is 26.0 Å². The van der Waals surface area contributed by atoms with Gasteiger partial charge in [0.15, 0.2) is 0 Å². The van der Waals surface area contributed by atoms with Crippen molar-refractivity contribution in [3.8, 4) is 0 Å². The second-order valence-electron chi connectivity index (χ2n) is 5.48. The van der Waals surface area contributed by atoms with Crippen LogP contribution in [0.1, 0.15) is 90.4 Å². The Morgan fingerprint density at radius 3 is 1.33 bits per heavy atom. The van der Waals surface area contributed by atoms with E-state index in [0.717, 1.165) is 13.0 Å². The molecule has 2 N–H and O–H groups in total. The van der Waals surface area contributed by atoms with Gasteiger partial charge >= 0.3 is 0 Å². The predicted molar refractivity (Wildman–Crippen MR) is 87.3 cm³/mol. The quantitative estimate of drug-likeness (QED) is 0.338. The maximum Gasteiger partial charge on any atom is -0.00773 e. The standard InChI is InChI=1S/C16H33NS/c1-16(18)14-12-10-8-6-4-2-3-5-7-9-11-13-15-17/h2-15,17H2,1H3. The van der Waals surface area contributed by atoms with Crippen LogP contribution >= 0.6 is 12.2 Å². The summed E-state index contributed by atoms with van der Waals surface area (Å²) in [6.07, 6.45) is 17.7. The Hall–Kier alpha value is 0.0500. The molecule has 2 heteroatoms. The van der Waals surface area contributed by atoms with E-state index in [2.05, 4.69) is 6.92 Å². The van der Waals surface area contributed by atoms with Crippen LogP contribution in [0.4, 0.5) is 0 Å². The van der Waals surface area contributed by atoms with E-state index < -0.39 is 0 Å². The van der Waals surface area contributed by atoms with Crippen molar-refractivity contribution in [1.29, 1.82) is 0 Å². The van der Waals surface area contributed by atoms with Crippen LogP contribution in [0.25, 0.3) is 0 Å². The van der Waals surface area contributed by atoms with Gasteiger partial charge in [-0.25, -0.2) is 0 Å². The molecule has 0 aromatic rings. The van der Waals surface area contributed by atoms with E-state index in [9.17, 15) is 0 Å². The van der Waals surface area contributed by atoms with Gasteiger partial charge in [0, 0.05) is 0 Å². The van der Waals surface area contributed by atoms with Gasteiger partial charge in [-0.1, -0.05) is 76.4 Å². The average Bonchev–Trinajstić information content (AvgIpc) is 2.34. The van der Waals surface area contributed by atoms with Crippen LogP contribution in [0.15, 0.2) is 0 Å². The number of nitrogens with two attached hydrogens (primary N) is 1. The highest BCUT2D eigenvalue weighted by Crippen LogP contribution is 2.12. The SMILES string of the molecule is CC(=S)CCCCCCCCCCCCCCN. The maximum atomic E-state index is 5.47. The number of hydrogen-bond acceptors (Lipinski definition) is 2. The van der Waals surface area contributed by atoms with Crippen molar-refractivity contribution < 1.29 is 0 Å². The first-order valence-electron chi connectivity index (χ1n) is 7.97. The molecule has 0 fully saturated rings. The van der Waals surface area contributed by atoms with E-state index in [1.807, 2.05) is 0 Å². The molecule has 0 aromatic carbocycles. The number of unbranched alkanes of at least 4 members (excludes halogenated alkanes) is 11. The number of rotatable bonds is 14. The third-order valence-electron chi connectivity index (χ3n) is 3.48. The molecule has 0 atom stereocenters. The lowest BCUT2D eigenvalue weighted by molar-refractivity contribution is 0.543. The summed E-state index contributed by atoms with van der Waals surface area (Å²) in [6, 6.07) is 0. The Morgan fingerprint density at radius 2 is 1.00 bits per heavy atom. The summed E-state index contributed by atoms with van der Waals surface area (Å²) in [7, 11) is 0. The molecule has 0 aliphatic carbocycles. The third kappa shape index (κ3) is 16.1. The predicted octanol–water partition coefficient (Wildman–Crippen LogP) is 5.41. The zero-order chi connectivity index (χ0) is 13.5. The van der Waals surface area contributed by atoms with E-state index in [0.29, 0.717) is 0 Å². The van der Waals surface area contributed by atoms with Crippen molar-refractivity contribution in [1.82, 2.24) is 0 Å².